The van der Waals surface area contributed by atoms with Gasteiger partial charge in [0, 0.05) is 31.5 Å². The Morgan fingerprint density at radius 2 is 2.04 bits per heavy atom. The smallest absolute Gasteiger partial charge is 0.252 e. The van der Waals surface area contributed by atoms with E-state index in [0.29, 0.717) is 6.61 Å². The predicted octanol–water partition coefficient (Wildman–Crippen LogP) is 2.69. The van der Waals surface area contributed by atoms with E-state index in [1.807, 2.05) is 49.8 Å². The lowest BCUT2D eigenvalue weighted by Gasteiger charge is -2.30. The molecule has 1 fully saturated rings. The zero-order valence-corrected chi connectivity index (χ0v) is 13.9. The predicted molar refractivity (Wildman–Crippen MR) is 88.3 cm³/mol. The van der Waals surface area contributed by atoms with E-state index < -0.39 is 0 Å². The van der Waals surface area contributed by atoms with Gasteiger partial charge in [-0.2, -0.15) is 5.10 Å². The first-order valence-electron chi connectivity index (χ1n) is 8.03. The number of carbonyl (C=O) groups excluding carboxylic acids is 1. The van der Waals surface area contributed by atoms with Crippen molar-refractivity contribution in [2.24, 2.45) is 7.05 Å². The highest BCUT2D eigenvalue weighted by molar-refractivity contribution is 5.97. The number of carbonyl (C=O) groups is 1. The normalized spacial score (nSPS) is 21.2. The van der Waals surface area contributed by atoms with E-state index in [9.17, 15) is 4.79 Å². The molecular weight excluding hydrogens is 290 g/mol. The molecule has 1 amide bonds. The summed E-state index contributed by atoms with van der Waals surface area (Å²) in [7, 11) is 1.91. The second-order valence-corrected chi connectivity index (χ2v) is 6.20. The summed E-state index contributed by atoms with van der Waals surface area (Å²) in [4.78, 5) is 12.6. The molecule has 1 aliphatic heterocycles. The van der Waals surface area contributed by atoms with Gasteiger partial charge in [0.05, 0.1) is 5.69 Å². The zero-order chi connectivity index (χ0) is 16.4. The molecule has 1 aliphatic rings. The van der Waals surface area contributed by atoms with Crippen molar-refractivity contribution in [1.29, 1.82) is 0 Å². The van der Waals surface area contributed by atoms with Crippen LogP contribution in [-0.4, -0.2) is 28.3 Å². The number of hydrogen-bond donors (Lipinski definition) is 1. The number of amides is 1. The van der Waals surface area contributed by atoms with Gasteiger partial charge in [0.2, 0.25) is 0 Å². The second kappa shape index (κ2) is 6.54. The first kappa shape index (κ1) is 15.7. The van der Waals surface area contributed by atoms with Gasteiger partial charge >= 0.3 is 0 Å². The fourth-order valence-electron chi connectivity index (χ4n) is 3.26. The standard InChI is InChI=1S/C18H23N3O2/c1-12-5-4-6-13(2)17(12)18(22)20-14-8-10-23-16(11-14)15-7-9-19-21(15)3/h4-7,9,14,16H,8,10-11H2,1-3H3,(H,20,22). The van der Waals surface area contributed by atoms with Crippen LogP contribution >= 0.6 is 0 Å². The molecule has 2 heterocycles. The van der Waals surface area contributed by atoms with Crippen molar-refractivity contribution in [3.63, 3.8) is 0 Å². The summed E-state index contributed by atoms with van der Waals surface area (Å²) in [5.74, 6) is 0.0104. The average molecular weight is 313 g/mol. The number of ether oxygens (including phenoxy) is 1. The molecule has 0 saturated carbocycles. The molecule has 2 atom stereocenters. The Bertz CT molecular complexity index is 688. The molecule has 0 aliphatic carbocycles. The minimum absolute atomic E-state index is 0.0104. The van der Waals surface area contributed by atoms with Crippen LogP contribution in [0.5, 0.6) is 0 Å². The van der Waals surface area contributed by atoms with Gasteiger partial charge in [-0.1, -0.05) is 18.2 Å². The molecule has 0 bridgehead atoms. The van der Waals surface area contributed by atoms with Crippen LogP contribution in [-0.2, 0) is 11.8 Å². The van der Waals surface area contributed by atoms with Gasteiger partial charge in [0.25, 0.3) is 5.91 Å². The first-order valence-corrected chi connectivity index (χ1v) is 8.03. The van der Waals surface area contributed by atoms with Gasteiger partial charge in [-0.05, 0) is 43.9 Å². The molecular formula is C18H23N3O2. The van der Waals surface area contributed by atoms with Crippen molar-refractivity contribution in [3.8, 4) is 0 Å². The van der Waals surface area contributed by atoms with E-state index in [4.69, 9.17) is 4.74 Å². The molecule has 2 unspecified atom stereocenters. The Morgan fingerprint density at radius 1 is 1.30 bits per heavy atom. The maximum absolute atomic E-state index is 12.6. The summed E-state index contributed by atoms with van der Waals surface area (Å²) in [5.41, 5.74) is 3.86. The van der Waals surface area contributed by atoms with E-state index in [-0.39, 0.29) is 18.1 Å². The van der Waals surface area contributed by atoms with Crippen LogP contribution in [0.1, 0.15) is 46.1 Å². The number of hydrogen-bond acceptors (Lipinski definition) is 3. The lowest BCUT2D eigenvalue weighted by atomic mass is 9.98. The molecule has 0 spiro atoms. The van der Waals surface area contributed by atoms with Gasteiger partial charge in [-0.15, -0.1) is 0 Å². The topological polar surface area (TPSA) is 56.1 Å². The molecule has 0 radical (unpaired) electrons. The van der Waals surface area contributed by atoms with Crippen LogP contribution in [0.25, 0.3) is 0 Å². The monoisotopic (exact) mass is 313 g/mol. The summed E-state index contributed by atoms with van der Waals surface area (Å²) < 4.78 is 7.69. The third kappa shape index (κ3) is 3.29. The number of benzene rings is 1. The summed E-state index contributed by atoms with van der Waals surface area (Å²) in [6.45, 7) is 4.60. The van der Waals surface area contributed by atoms with Crippen molar-refractivity contribution >= 4 is 5.91 Å². The maximum Gasteiger partial charge on any atom is 0.252 e. The number of nitrogens with one attached hydrogen (secondary N) is 1. The molecule has 23 heavy (non-hydrogen) atoms. The summed E-state index contributed by atoms with van der Waals surface area (Å²) in [6.07, 6.45) is 3.37. The second-order valence-electron chi connectivity index (χ2n) is 6.20. The lowest BCUT2D eigenvalue weighted by molar-refractivity contribution is -0.00353. The van der Waals surface area contributed by atoms with E-state index in [1.165, 1.54) is 0 Å². The third-order valence-corrected chi connectivity index (χ3v) is 4.52. The number of nitrogens with zero attached hydrogens (tertiary/aromatic N) is 2. The number of aromatic nitrogens is 2. The minimum Gasteiger partial charge on any atom is -0.372 e. The molecule has 1 N–H and O–H groups in total. The van der Waals surface area contributed by atoms with Crippen molar-refractivity contribution < 1.29 is 9.53 Å². The first-order chi connectivity index (χ1) is 11.1. The SMILES string of the molecule is Cc1cccc(C)c1C(=O)NC1CCOC(c2ccnn2C)C1. The van der Waals surface area contributed by atoms with Gasteiger partial charge in [-0.3, -0.25) is 9.48 Å². The maximum atomic E-state index is 12.6. The quantitative estimate of drug-likeness (QED) is 0.948. The lowest BCUT2D eigenvalue weighted by Crippen LogP contribution is -2.40. The molecule has 3 rings (SSSR count). The number of aryl methyl sites for hydroxylation is 3. The fraction of sp³-hybridized carbons (Fsp3) is 0.444. The molecule has 2 aromatic rings. The van der Waals surface area contributed by atoms with E-state index in [1.54, 1.807) is 6.20 Å². The Hall–Kier alpha value is -2.14. The summed E-state index contributed by atoms with van der Waals surface area (Å²) in [5, 5.41) is 7.38. The zero-order valence-electron chi connectivity index (χ0n) is 13.9. The van der Waals surface area contributed by atoms with Crippen molar-refractivity contribution in [2.45, 2.75) is 38.8 Å². The summed E-state index contributed by atoms with van der Waals surface area (Å²) >= 11 is 0. The van der Waals surface area contributed by atoms with Gasteiger partial charge in [0.15, 0.2) is 0 Å². The van der Waals surface area contributed by atoms with E-state index >= 15 is 0 Å². The van der Waals surface area contributed by atoms with E-state index in [2.05, 4.69) is 10.4 Å². The largest absolute Gasteiger partial charge is 0.372 e. The van der Waals surface area contributed by atoms with E-state index in [0.717, 1.165) is 35.2 Å². The Morgan fingerprint density at radius 3 is 2.70 bits per heavy atom. The average Bonchev–Trinajstić information content (AvgIpc) is 2.93. The minimum atomic E-state index is -0.0143. The Labute approximate surface area is 136 Å². The van der Waals surface area contributed by atoms with Gasteiger partial charge < -0.3 is 10.1 Å². The van der Waals surface area contributed by atoms with Gasteiger partial charge in [-0.25, -0.2) is 0 Å². The van der Waals surface area contributed by atoms with Crippen LogP contribution in [0, 0.1) is 13.8 Å². The molecule has 5 nitrogen and oxygen atoms in total. The van der Waals surface area contributed by atoms with Gasteiger partial charge in [0.1, 0.15) is 6.10 Å². The highest BCUT2D eigenvalue weighted by Crippen LogP contribution is 2.28. The Balaban J connectivity index is 1.70. The third-order valence-electron chi connectivity index (χ3n) is 4.52. The van der Waals surface area contributed by atoms with Crippen molar-refractivity contribution in [3.05, 3.63) is 52.8 Å². The molecule has 1 saturated heterocycles. The molecule has 5 heteroatoms. The van der Waals surface area contributed by atoms with Crippen molar-refractivity contribution in [1.82, 2.24) is 15.1 Å². The highest BCUT2D eigenvalue weighted by Gasteiger charge is 2.27. The van der Waals surface area contributed by atoms with Crippen molar-refractivity contribution in [2.75, 3.05) is 6.61 Å². The van der Waals surface area contributed by atoms with Crippen LogP contribution in [0.3, 0.4) is 0 Å². The molecule has 1 aromatic heterocycles. The molecule has 1 aromatic carbocycles. The van der Waals surface area contributed by atoms with Crippen LogP contribution in [0.4, 0.5) is 0 Å². The van der Waals surface area contributed by atoms with Crippen LogP contribution < -0.4 is 5.32 Å². The fourth-order valence-corrected chi connectivity index (χ4v) is 3.26. The van der Waals surface area contributed by atoms with Crippen LogP contribution in [0.2, 0.25) is 0 Å². The highest BCUT2D eigenvalue weighted by atomic mass is 16.5. The number of rotatable bonds is 3. The Kier molecular flexibility index (Phi) is 4.48. The summed E-state index contributed by atoms with van der Waals surface area (Å²) in [6, 6.07) is 8.03. The molecule has 122 valence electrons. The van der Waals surface area contributed by atoms with Crippen LogP contribution in [0.15, 0.2) is 30.5 Å².